The van der Waals surface area contributed by atoms with Crippen LogP contribution in [0.5, 0.6) is 5.75 Å². The average Bonchev–Trinajstić information content (AvgIpc) is 3.14. The highest BCUT2D eigenvalue weighted by molar-refractivity contribution is 6.31. The largest absolute Gasteiger partial charge is 0.505 e. The number of aryl methyl sites for hydroxylation is 1. The lowest BCUT2D eigenvalue weighted by Gasteiger charge is -2.15. The Labute approximate surface area is 183 Å². The molecule has 0 fully saturated rings. The van der Waals surface area contributed by atoms with Gasteiger partial charge in [-0.25, -0.2) is 4.39 Å². The van der Waals surface area contributed by atoms with Crippen LogP contribution in [0.15, 0.2) is 54.7 Å². The number of amides is 1. The molecule has 0 unspecified atom stereocenters. The number of carbonyl (C=O) groups is 1. The Morgan fingerprint density at radius 3 is 2.61 bits per heavy atom. The van der Waals surface area contributed by atoms with Gasteiger partial charge in [-0.1, -0.05) is 35.9 Å². The highest BCUT2D eigenvalue weighted by Gasteiger charge is 2.30. The summed E-state index contributed by atoms with van der Waals surface area (Å²) < 4.78 is 13.6. The van der Waals surface area contributed by atoms with Crippen LogP contribution in [0, 0.1) is 12.7 Å². The molecular weight excluding hydrogens is 415 g/mol. The molecule has 2 N–H and O–H groups in total. The van der Waals surface area contributed by atoms with Crippen molar-refractivity contribution in [3.05, 3.63) is 93.4 Å². The lowest BCUT2D eigenvalue weighted by atomic mass is 9.90. The maximum atomic E-state index is 13.6. The van der Waals surface area contributed by atoms with Crippen LogP contribution in [0.3, 0.4) is 0 Å². The van der Waals surface area contributed by atoms with Crippen LogP contribution in [0.25, 0.3) is 22.0 Å². The Kier molecular flexibility index (Phi) is 4.63. The fourth-order valence-electron chi connectivity index (χ4n) is 4.14. The van der Waals surface area contributed by atoms with Gasteiger partial charge >= 0.3 is 0 Å². The lowest BCUT2D eigenvalue weighted by Crippen LogP contribution is -2.12. The first-order chi connectivity index (χ1) is 14.9. The molecule has 0 saturated carbocycles. The summed E-state index contributed by atoms with van der Waals surface area (Å²) in [5.74, 6) is -0.804. The second kappa shape index (κ2) is 7.36. The summed E-state index contributed by atoms with van der Waals surface area (Å²) in [4.78, 5) is 16.9. The van der Waals surface area contributed by atoms with Gasteiger partial charge in [0, 0.05) is 23.2 Å². The summed E-state index contributed by atoms with van der Waals surface area (Å²) >= 11 is 6.27. The van der Waals surface area contributed by atoms with Gasteiger partial charge in [0.1, 0.15) is 11.3 Å². The summed E-state index contributed by atoms with van der Waals surface area (Å²) in [5, 5.41) is 15.0. The topological polar surface area (TPSA) is 62.2 Å². The SMILES string of the molecule is Cc1ccc(Cc2cnc3c(O)c4c(c(-c5ccc(F)cc5)c3c2)CNC4=O)cc1Cl. The number of nitrogens with one attached hydrogen (secondary N) is 1. The summed E-state index contributed by atoms with van der Waals surface area (Å²) in [6.07, 6.45) is 2.31. The standard InChI is InChI=1S/C25H18ClFN2O2/c1-13-2-3-14(10-20(13)26)8-15-9-18-21(16-4-6-17(27)7-5-16)19-12-29-25(31)22(19)24(30)23(18)28-11-15/h2-7,9-11,30H,8,12H2,1H3,(H,29,31). The number of halogens is 2. The number of fused-ring (bicyclic) bond motifs is 2. The molecule has 4 nitrogen and oxygen atoms in total. The molecule has 0 radical (unpaired) electrons. The molecule has 0 aliphatic carbocycles. The zero-order valence-corrected chi connectivity index (χ0v) is 17.4. The Morgan fingerprint density at radius 1 is 1.10 bits per heavy atom. The van der Waals surface area contributed by atoms with E-state index in [9.17, 15) is 14.3 Å². The molecule has 1 aromatic heterocycles. The van der Waals surface area contributed by atoms with Crippen LogP contribution in [0.2, 0.25) is 5.02 Å². The van der Waals surface area contributed by atoms with E-state index in [4.69, 9.17) is 11.6 Å². The van der Waals surface area contributed by atoms with Gasteiger partial charge in [0.15, 0.2) is 5.75 Å². The van der Waals surface area contributed by atoms with Crippen LogP contribution in [0.4, 0.5) is 4.39 Å². The van der Waals surface area contributed by atoms with Crippen LogP contribution < -0.4 is 5.32 Å². The number of nitrogens with zero attached hydrogens (tertiary/aromatic N) is 1. The van der Waals surface area contributed by atoms with Gasteiger partial charge in [-0.2, -0.15) is 0 Å². The van der Waals surface area contributed by atoms with Gasteiger partial charge in [0.05, 0.1) is 5.56 Å². The lowest BCUT2D eigenvalue weighted by molar-refractivity contribution is 0.0963. The number of aromatic hydroxyl groups is 1. The first kappa shape index (κ1) is 19.5. The quantitative estimate of drug-likeness (QED) is 0.446. The number of aromatic nitrogens is 1. The molecular formula is C25H18ClFN2O2. The van der Waals surface area contributed by atoms with E-state index < -0.39 is 0 Å². The fourth-order valence-corrected chi connectivity index (χ4v) is 4.34. The minimum atomic E-state index is -0.340. The van der Waals surface area contributed by atoms with E-state index in [2.05, 4.69) is 10.3 Å². The van der Waals surface area contributed by atoms with E-state index in [1.54, 1.807) is 18.3 Å². The van der Waals surface area contributed by atoms with E-state index in [0.717, 1.165) is 33.2 Å². The van der Waals surface area contributed by atoms with Crippen molar-refractivity contribution in [2.24, 2.45) is 0 Å². The van der Waals surface area contributed by atoms with Crippen molar-refractivity contribution in [3.8, 4) is 16.9 Å². The van der Waals surface area contributed by atoms with Gasteiger partial charge < -0.3 is 10.4 Å². The number of phenols is 1. The third kappa shape index (κ3) is 3.31. The Morgan fingerprint density at radius 2 is 1.87 bits per heavy atom. The number of benzene rings is 3. The van der Waals surface area contributed by atoms with Crippen molar-refractivity contribution in [1.29, 1.82) is 0 Å². The van der Waals surface area contributed by atoms with Crippen LogP contribution >= 0.6 is 11.6 Å². The molecule has 6 heteroatoms. The molecule has 5 rings (SSSR count). The zero-order chi connectivity index (χ0) is 21.7. The third-order valence-corrected chi connectivity index (χ3v) is 6.12. The Hall–Kier alpha value is -3.44. The predicted octanol–water partition coefficient (Wildman–Crippen LogP) is 5.54. The van der Waals surface area contributed by atoms with E-state index >= 15 is 0 Å². The predicted molar refractivity (Wildman–Crippen MR) is 119 cm³/mol. The van der Waals surface area contributed by atoms with Gasteiger partial charge in [-0.15, -0.1) is 0 Å². The zero-order valence-electron chi connectivity index (χ0n) is 16.7. The van der Waals surface area contributed by atoms with Gasteiger partial charge in [-0.05, 0) is 71.0 Å². The van der Waals surface area contributed by atoms with Crippen LogP contribution in [-0.2, 0) is 13.0 Å². The molecule has 0 spiro atoms. The molecule has 154 valence electrons. The van der Waals surface area contributed by atoms with E-state index in [0.29, 0.717) is 29.1 Å². The van der Waals surface area contributed by atoms with Crippen molar-refractivity contribution in [2.45, 2.75) is 19.9 Å². The molecule has 31 heavy (non-hydrogen) atoms. The number of phenolic OH excluding ortho intramolecular Hbond substituents is 1. The number of hydrogen-bond acceptors (Lipinski definition) is 3. The molecule has 3 aromatic carbocycles. The van der Waals surface area contributed by atoms with Crippen molar-refractivity contribution >= 4 is 28.4 Å². The second-order valence-electron chi connectivity index (χ2n) is 7.77. The molecule has 1 aliphatic heterocycles. The number of rotatable bonds is 3. The minimum Gasteiger partial charge on any atom is -0.505 e. The normalized spacial score (nSPS) is 12.8. The monoisotopic (exact) mass is 432 g/mol. The highest BCUT2D eigenvalue weighted by Crippen LogP contribution is 2.42. The summed E-state index contributed by atoms with van der Waals surface area (Å²) in [6.45, 7) is 2.25. The molecule has 2 heterocycles. The smallest absolute Gasteiger partial charge is 0.255 e. The maximum absolute atomic E-state index is 13.6. The van der Waals surface area contributed by atoms with E-state index in [1.807, 2.05) is 31.2 Å². The molecule has 1 aliphatic rings. The molecule has 0 saturated heterocycles. The van der Waals surface area contributed by atoms with Crippen LogP contribution in [0.1, 0.15) is 32.6 Å². The van der Waals surface area contributed by atoms with Crippen LogP contribution in [-0.4, -0.2) is 16.0 Å². The van der Waals surface area contributed by atoms with Gasteiger partial charge in [0.25, 0.3) is 5.91 Å². The van der Waals surface area contributed by atoms with Crippen molar-refractivity contribution in [1.82, 2.24) is 10.3 Å². The highest BCUT2D eigenvalue weighted by atomic mass is 35.5. The van der Waals surface area contributed by atoms with E-state index in [-0.39, 0.29) is 23.0 Å². The molecule has 4 aromatic rings. The third-order valence-electron chi connectivity index (χ3n) is 5.71. The van der Waals surface area contributed by atoms with Gasteiger partial charge in [0.2, 0.25) is 0 Å². The first-order valence-electron chi connectivity index (χ1n) is 9.88. The fraction of sp³-hybridized carbons (Fsp3) is 0.120. The minimum absolute atomic E-state index is 0.129. The Balaban J connectivity index is 1.73. The first-order valence-corrected chi connectivity index (χ1v) is 10.3. The maximum Gasteiger partial charge on any atom is 0.255 e. The van der Waals surface area contributed by atoms with Crippen molar-refractivity contribution in [2.75, 3.05) is 0 Å². The van der Waals surface area contributed by atoms with Crippen molar-refractivity contribution < 1.29 is 14.3 Å². The molecule has 1 amide bonds. The number of hydrogen-bond donors (Lipinski definition) is 2. The van der Waals surface area contributed by atoms with Crippen molar-refractivity contribution in [3.63, 3.8) is 0 Å². The average molecular weight is 433 g/mol. The Bertz CT molecular complexity index is 1370. The van der Waals surface area contributed by atoms with Gasteiger partial charge in [-0.3, -0.25) is 9.78 Å². The molecule has 0 bridgehead atoms. The number of carbonyl (C=O) groups excluding carboxylic acids is 1. The molecule has 0 atom stereocenters. The summed E-state index contributed by atoms with van der Waals surface area (Å²) in [7, 11) is 0. The summed E-state index contributed by atoms with van der Waals surface area (Å²) in [6, 6.07) is 14.0. The number of pyridine rings is 1. The second-order valence-corrected chi connectivity index (χ2v) is 8.17. The van der Waals surface area contributed by atoms with E-state index in [1.165, 1.54) is 12.1 Å². The summed E-state index contributed by atoms with van der Waals surface area (Å²) in [5.41, 5.74) is 5.80.